The largest absolute Gasteiger partial charge is 0.416 e. The van der Waals surface area contributed by atoms with Crippen LogP contribution in [0.1, 0.15) is 63.4 Å². The van der Waals surface area contributed by atoms with E-state index in [9.17, 15) is 18.0 Å². The van der Waals surface area contributed by atoms with Gasteiger partial charge in [-0.2, -0.15) is 18.3 Å². The van der Waals surface area contributed by atoms with E-state index in [1.165, 1.54) is 12.1 Å². The molecule has 1 N–H and O–H groups in total. The van der Waals surface area contributed by atoms with Crippen molar-refractivity contribution in [1.82, 2.24) is 5.32 Å². The molecule has 1 fully saturated rings. The summed E-state index contributed by atoms with van der Waals surface area (Å²) in [5.41, 5.74) is 0.583. The molecule has 0 saturated heterocycles. The molecule has 0 radical (unpaired) electrons. The average molecular weight is 487 g/mol. The molecule has 1 aliphatic rings. The number of hydrogen-bond acceptors (Lipinski definition) is 3. The topological polar surface area (TPSA) is 57.1 Å². The van der Waals surface area contributed by atoms with Crippen LogP contribution in [-0.4, -0.2) is 31.0 Å². The third-order valence-corrected chi connectivity index (χ3v) is 6.23. The minimum atomic E-state index is -4.43. The minimum absolute atomic E-state index is 0.258. The first-order chi connectivity index (χ1) is 16.2. The summed E-state index contributed by atoms with van der Waals surface area (Å²) in [5.74, 6) is 0.795. The number of benzene rings is 2. The lowest BCUT2D eigenvalue weighted by molar-refractivity contribution is -0.137. The molecule has 3 rings (SSSR count). The lowest BCUT2D eigenvalue weighted by atomic mass is 9.93. The van der Waals surface area contributed by atoms with E-state index in [4.69, 9.17) is 0 Å². The Morgan fingerprint density at radius 2 is 1.60 bits per heavy atom. The highest BCUT2D eigenvalue weighted by Gasteiger charge is 2.39. The van der Waals surface area contributed by atoms with Gasteiger partial charge in [-0.3, -0.25) is 9.79 Å². The first-order valence-electron chi connectivity index (χ1n) is 11.6. The monoisotopic (exact) mass is 486 g/mol. The quantitative estimate of drug-likeness (QED) is 0.278. The summed E-state index contributed by atoms with van der Waals surface area (Å²) >= 11 is 0. The summed E-state index contributed by atoms with van der Waals surface area (Å²) in [6, 6.07) is 10.1. The Kier molecular flexibility index (Phi) is 7.16. The van der Waals surface area contributed by atoms with Crippen LogP contribution >= 0.6 is 0 Å². The van der Waals surface area contributed by atoms with E-state index >= 15 is 0 Å². The third kappa shape index (κ3) is 6.10. The molecule has 2 aromatic carbocycles. The van der Waals surface area contributed by atoms with Crippen molar-refractivity contribution >= 4 is 24.1 Å². The summed E-state index contributed by atoms with van der Waals surface area (Å²) in [5, 5.41) is 8.85. The van der Waals surface area contributed by atoms with E-state index in [-0.39, 0.29) is 16.9 Å². The number of hydrogen-bond donors (Lipinski definition) is 1. The van der Waals surface area contributed by atoms with Crippen LogP contribution in [0.2, 0.25) is 0 Å². The Labute approximate surface area is 205 Å². The van der Waals surface area contributed by atoms with Crippen molar-refractivity contribution in [1.29, 1.82) is 0 Å². The molecule has 0 aliphatic heterocycles. The zero-order chi connectivity index (χ0) is 26.2. The predicted octanol–water partition coefficient (Wildman–Crippen LogP) is 6.79. The Bertz CT molecular complexity index is 1120. The number of rotatable bonds is 6. The standard InChI is InChI=1S/C27H33F3N4O/c1-25(2,3)24(31-6)34(32-7)22-15-18(17-8-10-21(11-9-17)27(28,29)30)14-19(16-22)23(35)33-26(4,5)20-12-13-20/h8-11,14-16,20H,7,12-13H2,1-6H3,(H,33,35). The lowest BCUT2D eigenvalue weighted by Crippen LogP contribution is -2.45. The maximum absolute atomic E-state index is 13.3. The average Bonchev–Trinajstić information content (AvgIpc) is 3.61. The van der Waals surface area contributed by atoms with Crippen molar-refractivity contribution < 1.29 is 18.0 Å². The zero-order valence-electron chi connectivity index (χ0n) is 21.1. The highest BCUT2D eigenvalue weighted by molar-refractivity contribution is 6.03. The molecule has 1 amide bonds. The van der Waals surface area contributed by atoms with Crippen LogP contribution in [0.15, 0.2) is 52.6 Å². The molecule has 5 nitrogen and oxygen atoms in total. The lowest BCUT2D eigenvalue weighted by Gasteiger charge is -2.30. The van der Waals surface area contributed by atoms with Gasteiger partial charge in [0.1, 0.15) is 5.84 Å². The maximum Gasteiger partial charge on any atom is 0.416 e. The van der Waals surface area contributed by atoms with Gasteiger partial charge in [0.15, 0.2) is 0 Å². The second-order valence-electron chi connectivity index (χ2n) is 10.5. The summed E-state index contributed by atoms with van der Waals surface area (Å²) in [6.45, 7) is 13.7. The highest BCUT2D eigenvalue weighted by Crippen LogP contribution is 2.39. The van der Waals surface area contributed by atoms with Crippen LogP contribution in [-0.2, 0) is 6.18 Å². The predicted molar refractivity (Wildman–Crippen MR) is 136 cm³/mol. The zero-order valence-corrected chi connectivity index (χ0v) is 21.1. The summed E-state index contributed by atoms with van der Waals surface area (Å²) < 4.78 is 39.2. The Morgan fingerprint density at radius 3 is 2.06 bits per heavy atom. The number of anilines is 1. The van der Waals surface area contributed by atoms with Crippen molar-refractivity contribution in [3.8, 4) is 11.1 Å². The van der Waals surface area contributed by atoms with Crippen molar-refractivity contribution in [2.75, 3.05) is 12.1 Å². The summed E-state index contributed by atoms with van der Waals surface area (Å²) in [7, 11) is 1.66. The van der Waals surface area contributed by atoms with E-state index in [2.05, 4.69) is 22.1 Å². The minimum Gasteiger partial charge on any atom is -0.347 e. The van der Waals surface area contributed by atoms with Gasteiger partial charge in [-0.25, -0.2) is 5.01 Å². The number of alkyl halides is 3. The fourth-order valence-electron chi connectivity index (χ4n) is 4.17. The number of amides is 1. The second kappa shape index (κ2) is 9.47. The van der Waals surface area contributed by atoms with Gasteiger partial charge in [0, 0.05) is 30.3 Å². The van der Waals surface area contributed by atoms with Crippen molar-refractivity contribution in [2.24, 2.45) is 21.4 Å². The number of nitrogens with zero attached hydrogens (tertiary/aromatic N) is 3. The van der Waals surface area contributed by atoms with Crippen LogP contribution in [0.4, 0.5) is 18.9 Å². The maximum atomic E-state index is 13.3. The molecule has 0 atom stereocenters. The van der Waals surface area contributed by atoms with Crippen LogP contribution in [0.25, 0.3) is 11.1 Å². The van der Waals surface area contributed by atoms with Gasteiger partial charge in [0.05, 0.1) is 11.3 Å². The van der Waals surface area contributed by atoms with E-state index in [1.54, 1.807) is 30.3 Å². The van der Waals surface area contributed by atoms with Gasteiger partial charge >= 0.3 is 6.18 Å². The molecule has 1 saturated carbocycles. The normalized spacial score (nSPS) is 15.1. The summed E-state index contributed by atoms with van der Waals surface area (Å²) in [6.07, 6.45) is -2.29. The molecule has 0 bridgehead atoms. The fraction of sp³-hybridized carbons (Fsp3) is 0.444. The molecule has 1 aliphatic carbocycles. The van der Waals surface area contributed by atoms with Gasteiger partial charge in [0.25, 0.3) is 5.91 Å². The Morgan fingerprint density at radius 1 is 1.00 bits per heavy atom. The van der Waals surface area contributed by atoms with E-state index in [0.29, 0.717) is 34.1 Å². The van der Waals surface area contributed by atoms with Gasteiger partial charge in [-0.05, 0) is 74.1 Å². The summed E-state index contributed by atoms with van der Waals surface area (Å²) in [4.78, 5) is 17.7. The third-order valence-electron chi connectivity index (χ3n) is 6.23. The number of hydrazone groups is 1. The number of carbonyl (C=O) groups excluding carboxylic acids is 1. The number of nitrogens with one attached hydrogen (secondary N) is 1. The number of aliphatic imine (C=N–C) groups is 1. The van der Waals surface area contributed by atoms with Crippen molar-refractivity contribution in [2.45, 2.75) is 59.2 Å². The van der Waals surface area contributed by atoms with Crippen LogP contribution < -0.4 is 10.3 Å². The number of carbonyl (C=O) groups is 1. The van der Waals surface area contributed by atoms with Crippen LogP contribution in [0.3, 0.4) is 0 Å². The molecular formula is C27H33F3N4O. The molecule has 8 heteroatoms. The fourth-order valence-corrected chi connectivity index (χ4v) is 4.17. The molecule has 0 spiro atoms. The first-order valence-corrected chi connectivity index (χ1v) is 11.6. The second-order valence-corrected chi connectivity index (χ2v) is 10.5. The highest BCUT2D eigenvalue weighted by atomic mass is 19.4. The van der Waals surface area contributed by atoms with E-state index < -0.39 is 11.7 Å². The number of amidine groups is 1. The van der Waals surface area contributed by atoms with E-state index in [1.807, 2.05) is 34.6 Å². The van der Waals surface area contributed by atoms with Gasteiger partial charge < -0.3 is 5.32 Å². The Balaban J connectivity index is 2.11. The molecular weight excluding hydrogens is 453 g/mol. The van der Waals surface area contributed by atoms with Crippen LogP contribution in [0.5, 0.6) is 0 Å². The molecule has 0 aromatic heterocycles. The van der Waals surface area contributed by atoms with E-state index in [0.717, 1.165) is 25.0 Å². The van der Waals surface area contributed by atoms with Crippen molar-refractivity contribution in [3.63, 3.8) is 0 Å². The molecule has 188 valence electrons. The number of halogens is 3. The van der Waals surface area contributed by atoms with Crippen molar-refractivity contribution in [3.05, 3.63) is 53.6 Å². The molecule has 2 aromatic rings. The Hall–Kier alpha value is -3.16. The van der Waals surface area contributed by atoms with Gasteiger partial charge in [-0.1, -0.05) is 32.9 Å². The molecule has 0 heterocycles. The molecule has 0 unspecified atom stereocenters. The van der Waals surface area contributed by atoms with Crippen LogP contribution in [0, 0.1) is 11.3 Å². The smallest absolute Gasteiger partial charge is 0.347 e. The molecule has 35 heavy (non-hydrogen) atoms. The first kappa shape index (κ1) is 26.4. The van der Waals surface area contributed by atoms with Gasteiger partial charge in [-0.15, -0.1) is 0 Å². The van der Waals surface area contributed by atoms with Gasteiger partial charge in [0.2, 0.25) is 0 Å². The SMILES string of the molecule is C=NN(C(=NC)C(C)(C)C)c1cc(C(=O)NC(C)(C)C2CC2)cc(-c2ccc(C(F)(F)F)cc2)c1.